The Hall–Kier alpha value is -2.63. The average molecular weight is 463 g/mol. The molecule has 1 saturated heterocycles. The topological polar surface area (TPSA) is 41.6 Å². The monoisotopic (exact) mass is 462 g/mol. The second-order valence-electron chi connectivity index (χ2n) is 8.79. The number of hydrogen-bond donors (Lipinski definition) is 1. The number of carbonyl (C=O) groups excluding carboxylic acids is 1. The van der Waals surface area contributed by atoms with Gasteiger partial charge in [0.05, 0.1) is 12.6 Å². The standard InChI is InChI=1S/C28H34N2O2S/c1-4-24-19-25(28(33-24)29-27(31)22-9-7-6-8-10-22)26(30-17-15-20(3)16-18-30)21-11-13-23(14-12-21)32-5-2/h6-14,19-20,26H,4-5,15-18H2,1-3H3,(H,29,31)/t26-/m1/s1. The molecule has 1 N–H and O–H groups in total. The summed E-state index contributed by atoms with van der Waals surface area (Å²) in [5.74, 6) is 1.59. The summed E-state index contributed by atoms with van der Waals surface area (Å²) in [6, 6.07) is 20.3. The number of likely N-dealkylation sites (tertiary alicyclic amines) is 1. The first-order valence-electron chi connectivity index (χ1n) is 12.0. The molecule has 4 rings (SSSR count). The van der Waals surface area contributed by atoms with E-state index in [4.69, 9.17) is 4.74 Å². The number of aryl methyl sites for hydroxylation is 1. The molecule has 1 amide bonds. The van der Waals surface area contributed by atoms with Crippen LogP contribution in [0.3, 0.4) is 0 Å². The van der Waals surface area contributed by atoms with Crippen LogP contribution in [0, 0.1) is 5.92 Å². The van der Waals surface area contributed by atoms with Crippen molar-refractivity contribution in [1.29, 1.82) is 0 Å². The molecule has 174 valence electrons. The summed E-state index contributed by atoms with van der Waals surface area (Å²) in [7, 11) is 0. The lowest BCUT2D eigenvalue weighted by molar-refractivity contribution is 0.102. The third-order valence-corrected chi connectivity index (χ3v) is 7.62. The number of rotatable bonds is 8. The van der Waals surface area contributed by atoms with E-state index in [9.17, 15) is 4.79 Å². The van der Waals surface area contributed by atoms with E-state index in [1.54, 1.807) is 11.3 Å². The molecule has 0 radical (unpaired) electrons. The molecule has 0 unspecified atom stereocenters. The number of hydrogen-bond acceptors (Lipinski definition) is 4. The third-order valence-electron chi connectivity index (χ3n) is 6.41. The van der Waals surface area contributed by atoms with Crippen LogP contribution in [0.25, 0.3) is 0 Å². The van der Waals surface area contributed by atoms with Gasteiger partial charge in [0.25, 0.3) is 5.91 Å². The lowest BCUT2D eigenvalue weighted by atomic mass is 9.92. The van der Waals surface area contributed by atoms with Crippen molar-refractivity contribution in [3.63, 3.8) is 0 Å². The van der Waals surface area contributed by atoms with E-state index in [0.717, 1.165) is 36.2 Å². The summed E-state index contributed by atoms with van der Waals surface area (Å²) >= 11 is 1.70. The van der Waals surface area contributed by atoms with Crippen LogP contribution in [0.15, 0.2) is 60.7 Å². The highest BCUT2D eigenvalue weighted by Crippen LogP contribution is 2.41. The normalized spacial score (nSPS) is 15.8. The Morgan fingerprint density at radius 3 is 2.42 bits per heavy atom. The van der Waals surface area contributed by atoms with Crippen LogP contribution >= 0.6 is 11.3 Å². The second-order valence-corrected chi connectivity index (χ2v) is 9.93. The molecule has 1 atom stereocenters. The molecule has 2 heterocycles. The molecule has 0 bridgehead atoms. The van der Waals surface area contributed by atoms with Gasteiger partial charge in [-0.2, -0.15) is 0 Å². The minimum absolute atomic E-state index is 0.0564. The molecular formula is C28H34N2O2S. The average Bonchev–Trinajstić information content (AvgIpc) is 3.24. The number of nitrogens with one attached hydrogen (secondary N) is 1. The van der Waals surface area contributed by atoms with Gasteiger partial charge in [0.15, 0.2) is 0 Å². The summed E-state index contributed by atoms with van der Waals surface area (Å²) in [6.07, 6.45) is 3.35. The molecule has 0 saturated carbocycles. The van der Waals surface area contributed by atoms with Crippen LogP contribution in [0.2, 0.25) is 0 Å². The Bertz CT molecular complexity index is 1040. The van der Waals surface area contributed by atoms with Gasteiger partial charge in [0.2, 0.25) is 0 Å². The van der Waals surface area contributed by atoms with Gasteiger partial charge in [0, 0.05) is 16.0 Å². The molecule has 33 heavy (non-hydrogen) atoms. The molecule has 1 aliphatic heterocycles. The van der Waals surface area contributed by atoms with Crippen molar-refractivity contribution in [2.24, 2.45) is 5.92 Å². The van der Waals surface area contributed by atoms with E-state index >= 15 is 0 Å². The van der Waals surface area contributed by atoms with Crippen LogP contribution in [-0.4, -0.2) is 30.5 Å². The fourth-order valence-corrected chi connectivity index (χ4v) is 5.51. The predicted molar refractivity (Wildman–Crippen MR) is 138 cm³/mol. The van der Waals surface area contributed by atoms with Crippen LogP contribution in [-0.2, 0) is 6.42 Å². The van der Waals surface area contributed by atoms with Crippen molar-refractivity contribution in [2.75, 3.05) is 25.0 Å². The van der Waals surface area contributed by atoms with Crippen LogP contribution in [0.4, 0.5) is 5.00 Å². The van der Waals surface area contributed by atoms with Gasteiger partial charge < -0.3 is 10.1 Å². The van der Waals surface area contributed by atoms with E-state index in [1.165, 1.54) is 28.8 Å². The maximum Gasteiger partial charge on any atom is 0.256 e. The maximum absolute atomic E-state index is 13.0. The summed E-state index contributed by atoms with van der Waals surface area (Å²) < 4.78 is 5.68. The van der Waals surface area contributed by atoms with Crippen molar-refractivity contribution in [1.82, 2.24) is 4.90 Å². The first-order chi connectivity index (χ1) is 16.1. The quantitative estimate of drug-likeness (QED) is 0.401. The van der Waals surface area contributed by atoms with Crippen molar-refractivity contribution < 1.29 is 9.53 Å². The van der Waals surface area contributed by atoms with Crippen molar-refractivity contribution >= 4 is 22.2 Å². The lowest BCUT2D eigenvalue weighted by Gasteiger charge is -2.37. The number of anilines is 1. The molecule has 5 heteroatoms. The van der Waals surface area contributed by atoms with E-state index in [0.29, 0.717) is 12.2 Å². The third kappa shape index (κ3) is 5.66. The highest BCUT2D eigenvalue weighted by atomic mass is 32.1. The number of benzene rings is 2. The van der Waals surface area contributed by atoms with Gasteiger partial charge in [-0.15, -0.1) is 11.3 Å². The lowest BCUT2D eigenvalue weighted by Crippen LogP contribution is -2.37. The van der Waals surface area contributed by atoms with Gasteiger partial charge >= 0.3 is 0 Å². The van der Waals surface area contributed by atoms with E-state index < -0.39 is 0 Å². The Kier molecular flexibility index (Phi) is 7.84. The predicted octanol–water partition coefficient (Wildman–Crippen LogP) is 6.78. The van der Waals surface area contributed by atoms with Gasteiger partial charge in [0.1, 0.15) is 10.8 Å². The first-order valence-corrected chi connectivity index (χ1v) is 12.9. The van der Waals surface area contributed by atoms with Crippen LogP contribution < -0.4 is 10.1 Å². The zero-order chi connectivity index (χ0) is 23.2. The van der Waals surface area contributed by atoms with E-state index in [2.05, 4.69) is 54.4 Å². The highest BCUT2D eigenvalue weighted by Gasteiger charge is 2.29. The van der Waals surface area contributed by atoms with Gasteiger partial charge in [-0.05, 0) is 81.1 Å². The highest BCUT2D eigenvalue weighted by molar-refractivity contribution is 7.16. The molecule has 1 aliphatic rings. The summed E-state index contributed by atoms with van der Waals surface area (Å²) in [6.45, 7) is 9.30. The number of carbonyl (C=O) groups is 1. The number of amides is 1. The molecule has 1 fully saturated rings. The second kappa shape index (κ2) is 11.0. The first kappa shape index (κ1) is 23.5. The summed E-state index contributed by atoms with van der Waals surface area (Å²) in [5, 5.41) is 4.20. The van der Waals surface area contributed by atoms with Crippen molar-refractivity contribution in [2.45, 2.75) is 46.1 Å². The maximum atomic E-state index is 13.0. The molecule has 3 aromatic rings. The smallest absolute Gasteiger partial charge is 0.256 e. The minimum atomic E-state index is -0.0564. The molecule has 0 aliphatic carbocycles. The van der Waals surface area contributed by atoms with Crippen LogP contribution in [0.1, 0.15) is 66.0 Å². The zero-order valence-corrected chi connectivity index (χ0v) is 20.7. The van der Waals surface area contributed by atoms with Crippen molar-refractivity contribution in [3.8, 4) is 5.75 Å². The fraction of sp³-hybridized carbons (Fsp3) is 0.393. The van der Waals surface area contributed by atoms with E-state index in [1.807, 2.05) is 37.3 Å². The summed E-state index contributed by atoms with van der Waals surface area (Å²) in [4.78, 5) is 16.9. The number of piperidine rings is 1. The molecule has 2 aromatic carbocycles. The number of nitrogens with zero attached hydrogens (tertiary/aromatic N) is 1. The van der Waals surface area contributed by atoms with E-state index in [-0.39, 0.29) is 11.9 Å². The molecule has 0 spiro atoms. The molecule has 1 aromatic heterocycles. The Morgan fingerprint density at radius 1 is 1.09 bits per heavy atom. The Labute approximate surface area is 201 Å². The van der Waals surface area contributed by atoms with Gasteiger partial charge in [-0.25, -0.2) is 0 Å². The Balaban J connectivity index is 1.71. The van der Waals surface area contributed by atoms with Gasteiger partial charge in [-0.3, -0.25) is 9.69 Å². The fourth-order valence-electron chi connectivity index (χ4n) is 4.49. The SMILES string of the molecule is CCOc1ccc([C@H](c2cc(CC)sc2NC(=O)c2ccccc2)N2CCC(C)CC2)cc1. The molecular weight excluding hydrogens is 428 g/mol. The van der Waals surface area contributed by atoms with Crippen molar-refractivity contribution in [3.05, 3.63) is 82.2 Å². The van der Waals surface area contributed by atoms with Gasteiger partial charge in [-0.1, -0.05) is 44.2 Å². The largest absolute Gasteiger partial charge is 0.494 e. The summed E-state index contributed by atoms with van der Waals surface area (Å²) in [5.41, 5.74) is 3.11. The van der Waals surface area contributed by atoms with Crippen LogP contribution in [0.5, 0.6) is 5.75 Å². The number of thiophene rings is 1. The zero-order valence-electron chi connectivity index (χ0n) is 19.8. The minimum Gasteiger partial charge on any atom is -0.494 e. The Morgan fingerprint density at radius 2 is 1.79 bits per heavy atom. The number of ether oxygens (including phenoxy) is 1. The molecule has 4 nitrogen and oxygen atoms in total.